The molecule has 0 saturated carbocycles. The molecule has 0 saturated heterocycles. The summed E-state index contributed by atoms with van der Waals surface area (Å²) in [4.78, 5) is 0. The molecule has 0 fully saturated rings. The van der Waals surface area contributed by atoms with Crippen molar-refractivity contribution in [3.63, 3.8) is 0 Å². The molecular weight excluding hydrogens is 102 g/mol. The molecule has 0 aromatic carbocycles. The molecule has 1 rings (SSSR count). The van der Waals surface area contributed by atoms with Gasteiger partial charge >= 0.3 is 0 Å². The molecule has 0 aromatic rings. The second-order valence-electron chi connectivity index (χ2n) is 1.60. The van der Waals surface area contributed by atoms with Gasteiger partial charge in [-0.1, -0.05) is 0 Å². The zero-order valence-electron chi connectivity index (χ0n) is 4.79. The molecule has 2 nitrogen and oxygen atoms in total. The standard InChI is InChI=1S/C6H8NO/c1-8-5-6-2-3-7-4-6/h2-4H,5H2,1H3. The SMILES string of the molecule is COCC1=C[N]C=C1. The summed E-state index contributed by atoms with van der Waals surface area (Å²) in [6, 6.07) is 0. The second kappa shape index (κ2) is 2.52. The maximum atomic E-state index is 4.85. The highest BCUT2D eigenvalue weighted by Gasteiger charge is 1.94. The van der Waals surface area contributed by atoms with E-state index in [-0.39, 0.29) is 0 Å². The van der Waals surface area contributed by atoms with Crippen LogP contribution in [0.1, 0.15) is 0 Å². The Hall–Kier alpha value is -0.760. The monoisotopic (exact) mass is 110 g/mol. The van der Waals surface area contributed by atoms with Crippen LogP contribution in [0.5, 0.6) is 0 Å². The molecule has 0 N–H and O–H groups in total. The topological polar surface area (TPSA) is 23.3 Å². The van der Waals surface area contributed by atoms with E-state index in [4.69, 9.17) is 4.74 Å². The Kier molecular flexibility index (Phi) is 1.70. The van der Waals surface area contributed by atoms with Crippen molar-refractivity contribution in [2.75, 3.05) is 13.7 Å². The first-order valence-corrected chi connectivity index (χ1v) is 2.48. The van der Waals surface area contributed by atoms with Gasteiger partial charge < -0.3 is 4.74 Å². The van der Waals surface area contributed by atoms with Gasteiger partial charge in [-0.15, -0.1) is 0 Å². The van der Waals surface area contributed by atoms with Gasteiger partial charge in [0, 0.05) is 19.5 Å². The minimum absolute atomic E-state index is 0.667. The lowest BCUT2D eigenvalue weighted by atomic mass is 10.3. The molecule has 0 spiro atoms. The highest BCUT2D eigenvalue weighted by Crippen LogP contribution is 2.00. The Labute approximate surface area is 48.8 Å². The predicted molar refractivity (Wildman–Crippen MR) is 31.2 cm³/mol. The van der Waals surface area contributed by atoms with Crippen LogP contribution in [0.15, 0.2) is 24.0 Å². The number of ether oxygens (including phenoxy) is 1. The van der Waals surface area contributed by atoms with E-state index in [2.05, 4.69) is 5.32 Å². The Balaban J connectivity index is 2.34. The molecule has 0 atom stereocenters. The quantitative estimate of drug-likeness (QED) is 0.512. The van der Waals surface area contributed by atoms with Gasteiger partial charge in [0.1, 0.15) is 0 Å². The lowest BCUT2D eigenvalue weighted by molar-refractivity contribution is 0.228. The highest BCUT2D eigenvalue weighted by molar-refractivity contribution is 5.23. The predicted octanol–water partition coefficient (Wildman–Crippen LogP) is 0.648. The fourth-order valence-corrected chi connectivity index (χ4v) is 0.573. The summed E-state index contributed by atoms with van der Waals surface area (Å²) in [7, 11) is 1.67. The first kappa shape index (κ1) is 5.38. The molecule has 1 radical (unpaired) electrons. The summed E-state index contributed by atoms with van der Waals surface area (Å²) in [5, 5.41) is 3.86. The van der Waals surface area contributed by atoms with Crippen molar-refractivity contribution in [1.29, 1.82) is 0 Å². The molecule has 1 heterocycles. The van der Waals surface area contributed by atoms with Crippen LogP contribution in [0.25, 0.3) is 0 Å². The van der Waals surface area contributed by atoms with Gasteiger partial charge in [-0.05, 0) is 11.6 Å². The largest absolute Gasteiger partial charge is 0.380 e. The van der Waals surface area contributed by atoms with Gasteiger partial charge in [-0.25, -0.2) is 0 Å². The summed E-state index contributed by atoms with van der Waals surface area (Å²) in [5.41, 5.74) is 1.13. The fraction of sp³-hybridized carbons (Fsp3) is 0.333. The molecule has 2 heteroatoms. The van der Waals surface area contributed by atoms with Crippen LogP contribution in [-0.4, -0.2) is 13.7 Å². The Morgan fingerprint density at radius 2 is 2.62 bits per heavy atom. The van der Waals surface area contributed by atoms with E-state index < -0.39 is 0 Å². The van der Waals surface area contributed by atoms with Gasteiger partial charge in [0.15, 0.2) is 0 Å². The van der Waals surface area contributed by atoms with Gasteiger partial charge in [-0.3, -0.25) is 5.32 Å². The van der Waals surface area contributed by atoms with Gasteiger partial charge in [0.25, 0.3) is 0 Å². The van der Waals surface area contributed by atoms with Crippen molar-refractivity contribution >= 4 is 0 Å². The van der Waals surface area contributed by atoms with E-state index in [1.807, 2.05) is 6.08 Å². The fourth-order valence-electron chi connectivity index (χ4n) is 0.573. The molecule has 0 aromatic heterocycles. The smallest absolute Gasteiger partial charge is 0.0728 e. The maximum absolute atomic E-state index is 4.85. The molecule has 1 aliphatic heterocycles. The molecule has 0 unspecified atom stereocenters. The molecule has 8 heavy (non-hydrogen) atoms. The molecule has 0 bridgehead atoms. The van der Waals surface area contributed by atoms with E-state index in [1.54, 1.807) is 19.5 Å². The number of nitrogens with zero attached hydrogens (tertiary/aromatic N) is 1. The summed E-state index contributed by atoms with van der Waals surface area (Å²) < 4.78 is 4.85. The van der Waals surface area contributed by atoms with Crippen LogP contribution >= 0.6 is 0 Å². The van der Waals surface area contributed by atoms with E-state index in [0.717, 1.165) is 5.57 Å². The maximum Gasteiger partial charge on any atom is 0.0728 e. The van der Waals surface area contributed by atoms with Crippen molar-refractivity contribution in [3.8, 4) is 0 Å². The Morgan fingerprint density at radius 3 is 3.12 bits per heavy atom. The van der Waals surface area contributed by atoms with Crippen LogP contribution in [0.2, 0.25) is 0 Å². The van der Waals surface area contributed by atoms with E-state index >= 15 is 0 Å². The molecule has 0 aliphatic carbocycles. The average molecular weight is 110 g/mol. The summed E-state index contributed by atoms with van der Waals surface area (Å²) >= 11 is 0. The number of methoxy groups -OCH3 is 1. The van der Waals surface area contributed by atoms with E-state index in [1.165, 1.54) is 0 Å². The summed E-state index contributed by atoms with van der Waals surface area (Å²) in [6.45, 7) is 0.667. The Morgan fingerprint density at radius 1 is 1.75 bits per heavy atom. The van der Waals surface area contributed by atoms with Gasteiger partial charge in [-0.2, -0.15) is 0 Å². The number of rotatable bonds is 2. The van der Waals surface area contributed by atoms with Gasteiger partial charge in [0.05, 0.1) is 6.61 Å². The molecule has 1 aliphatic rings. The normalized spacial score (nSPS) is 15.9. The molecular formula is C6H8NO. The van der Waals surface area contributed by atoms with Crippen LogP contribution in [-0.2, 0) is 4.74 Å². The zero-order chi connectivity index (χ0) is 5.82. The van der Waals surface area contributed by atoms with Crippen molar-refractivity contribution in [3.05, 3.63) is 24.0 Å². The van der Waals surface area contributed by atoms with Crippen molar-refractivity contribution in [1.82, 2.24) is 5.32 Å². The first-order chi connectivity index (χ1) is 3.93. The van der Waals surface area contributed by atoms with E-state index in [9.17, 15) is 0 Å². The number of hydrogen-bond acceptors (Lipinski definition) is 1. The van der Waals surface area contributed by atoms with Crippen molar-refractivity contribution < 1.29 is 4.74 Å². The first-order valence-electron chi connectivity index (χ1n) is 2.48. The minimum Gasteiger partial charge on any atom is -0.380 e. The Bertz CT molecular complexity index is 126. The molecule has 0 amide bonds. The zero-order valence-corrected chi connectivity index (χ0v) is 4.79. The minimum atomic E-state index is 0.667. The van der Waals surface area contributed by atoms with E-state index in [0.29, 0.717) is 6.61 Å². The lowest BCUT2D eigenvalue weighted by Gasteiger charge is -1.91. The van der Waals surface area contributed by atoms with Crippen LogP contribution in [0.4, 0.5) is 0 Å². The third-order valence-corrected chi connectivity index (χ3v) is 0.926. The van der Waals surface area contributed by atoms with Gasteiger partial charge in [0.2, 0.25) is 0 Å². The second-order valence-corrected chi connectivity index (χ2v) is 1.60. The van der Waals surface area contributed by atoms with Crippen LogP contribution in [0, 0.1) is 0 Å². The lowest BCUT2D eigenvalue weighted by Crippen LogP contribution is -1.88. The molecule has 43 valence electrons. The third-order valence-electron chi connectivity index (χ3n) is 0.926. The van der Waals surface area contributed by atoms with Crippen LogP contribution < -0.4 is 5.32 Å². The average Bonchev–Trinajstić information content (AvgIpc) is 2.19. The summed E-state index contributed by atoms with van der Waals surface area (Å²) in [6.07, 6.45) is 5.49. The third kappa shape index (κ3) is 1.10. The highest BCUT2D eigenvalue weighted by atomic mass is 16.5. The van der Waals surface area contributed by atoms with Crippen molar-refractivity contribution in [2.45, 2.75) is 0 Å². The summed E-state index contributed by atoms with van der Waals surface area (Å²) in [5.74, 6) is 0. The van der Waals surface area contributed by atoms with Crippen molar-refractivity contribution in [2.24, 2.45) is 0 Å². The van der Waals surface area contributed by atoms with Crippen LogP contribution in [0.3, 0.4) is 0 Å². The number of hydrogen-bond donors (Lipinski definition) is 0.